The third-order valence-electron chi connectivity index (χ3n) is 2.46. The van der Waals surface area contributed by atoms with E-state index in [0.717, 1.165) is 5.69 Å². The monoisotopic (exact) mass is 219 g/mol. The summed E-state index contributed by atoms with van der Waals surface area (Å²) in [7, 11) is 1.97. The van der Waals surface area contributed by atoms with E-state index in [4.69, 9.17) is 4.74 Å². The van der Waals surface area contributed by atoms with Gasteiger partial charge in [-0.2, -0.15) is 0 Å². The number of anilines is 1. The second kappa shape index (κ2) is 5.95. The van der Waals surface area contributed by atoms with Gasteiger partial charge >= 0.3 is 5.97 Å². The van der Waals surface area contributed by atoms with E-state index in [1.165, 1.54) is 6.08 Å². The number of carbonyl (C=O) groups excluding carboxylic acids is 1. The fourth-order valence-corrected chi connectivity index (χ4v) is 1.29. The van der Waals surface area contributed by atoms with Crippen molar-refractivity contribution in [3.8, 4) is 0 Å². The summed E-state index contributed by atoms with van der Waals surface area (Å²) in [5, 5.41) is 0. The van der Waals surface area contributed by atoms with Crippen molar-refractivity contribution >= 4 is 11.7 Å². The second-order valence-corrected chi connectivity index (χ2v) is 3.63. The van der Waals surface area contributed by atoms with Crippen molar-refractivity contribution in [2.45, 2.75) is 13.0 Å². The Balaban J connectivity index is 2.51. The number of hydrogen-bond donors (Lipinski definition) is 0. The van der Waals surface area contributed by atoms with Crippen LogP contribution in [0.2, 0.25) is 0 Å². The van der Waals surface area contributed by atoms with E-state index in [-0.39, 0.29) is 12.0 Å². The summed E-state index contributed by atoms with van der Waals surface area (Å²) in [4.78, 5) is 13.0. The molecule has 1 aromatic carbocycles. The average Bonchev–Trinajstić information content (AvgIpc) is 2.35. The first kappa shape index (κ1) is 12.3. The molecule has 0 aromatic heterocycles. The number of rotatable bonds is 5. The number of nitrogens with zero attached hydrogens (tertiary/aromatic N) is 1. The van der Waals surface area contributed by atoms with Gasteiger partial charge in [0.15, 0.2) is 0 Å². The average molecular weight is 219 g/mol. The van der Waals surface area contributed by atoms with Gasteiger partial charge in [-0.3, -0.25) is 0 Å². The van der Waals surface area contributed by atoms with Crippen LogP contribution < -0.4 is 4.90 Å². The Morgan fingerprint density at radius 1 is 1.50 bits per heavy atom. The predicted octanol–water partition coefficient (Wildman–Crippen LogP) is 2.24. The van der Waals surface area contributed by atoms with E-state index in [2.05, 4.69) is 11.5 Å². The van der Waals surface area contributed by atoms with Crippen molar-refractivity contribution < 1.29 is 9.53 Å². The van der Waals surface area contributed by atoms with E-state index >= 15 is 0 Å². The van der Waals surface area contributed by atoms with Gasteiger partial charge in [0.25, 0.3) is 0 Å². The first-order chi connectivity index (χ1) is 7.65. The number of carbonyl (C=O) groups is 1. The van der Waals surface area contributed by atoms with Gasteiger partial charge in [-0.15, -0.1) is 0 Å². The highest BCUT2D eigenvalue weighted by Crippen LogP contribution is 2.14. The van der Waals surface area contributed by atoms with Crippen molar-refractivity contribution in [1.82, 2.24) is 0 Å². The Bertz CT molecular complexity index is 348. The summed E-state index contributed by atoms with van der Waals surface area (Å²) in [5.41, 5.74) is 1.10. The molecular weight excluding hydrogens is 202 g/mol. The maximum Gasteiger partial charge on any atom is 0.330 e. The Labute approximate surface area is 96.3 Å². The van der Waals surface area contributed by atoms with Crippen LogP contribution in [-0.2, 0) is 9.53 Å². The van der Waals surface area contributed by atoms with E-state index in [9.17, 15) is 4.79 Å². The van der Waals surface area contributed by atoms with E-state index in [0.29, 0.717) is 6.61 Å². The standard InChI is InChI=1S/C13H17NO2/c1-4-13(15)16-10-11(2)14(3)12-8-6-5-7-9-12/h4-9,11H,1,10H2,2-3H3. The molecule has 1 rings (SSSR count). The topological polar surface area (TPSA) is 29.5 Å². The van der Waals surface area contributed by atoms with Crippen LogP contribution in [0, 0.1) is 0 Å². The van der Waals surface area contributed by atoms with E-state index in [1.807, 2.05) is 44.3 Å². The van der Waals surface area contributed by atoms with Gasteiger partial charge in [0, 0.05) is 18.8 Å². The molecule has 0 fully saturated rings. The van der Waals surface area contributed by atoms with Gasteiger partial charge < -0.3 is 9.64 Å². The molecule has 0 bridgehead atoms. The van der Waals surface area contributed by atoms with Crippen LogP contribution in [-0.4, -0.2) is 25.7 Å². The molecule has 3 nitrogen and oxygen atoms in total. The number of ether oxygens (including phenoxy) is 1. The number of likely N-dealkylation sites (N-methyl/N-ethyl adjacent to an activating group) is 1. The zero-order valence-corrected chi connectivity index (χ0v) is 9.72. The smallest absolute Gasteiger partial charge is 0.330 e. The maximum absolute atomic E-state index is 10.9. The van der Waals surface area contributed by atoms with Crippen LogP contribution in [0.3, 0.4) is 0 Å². The highest BCUT2D eigenvalue weighted by Gasteiger charge is 2.11. The molecule has 1 unspecified atom stereocenters. The fourth-order valence-electron chi connectivity index (χ4n) is 1.29. The molecule has 0 spiro atoms. The molecular formula is C13H17NO2. The predicted molar refractivity (Wildman–Crippen MR) is 65.5 cm³/mol. The van der Waals surface area contributed by atoms with E-state index in [1.54, 1.807) is 0 Å². The number of esters is 1. The molecule has 0 aliphatic heterocycles. The van der Waals surface area contributed by atoms with Crippen molar-refractivity contribution in [2.24, 2.45) is 0 Å². The summed E-state index contributed by atoms with van der Waals surface area (Å²) in [5.74, 6) is -0.381. The Kier molecular flexibility index (Phi) is 4.58. The third kappa shape index (κ3) is 3.42. The molecule has 0 N–H and O–H groups in total. The summed E-state index contributed by atoms with van der Waals surface area (Å²) >= 11 is 0. The molecule has 86 valence electrons. The lowest BCUT2D eigenvalue weighted by Gasteiger charge is -2.26. The lowest BCUT2D eigenvalue weighted by molar-refractivity contribution is -0.138. The maximum atomic E-state index is 10.9. The van der Waals surface area contributed by atoms with Crippen molar-refractivity contribution in [2.75, 3.05) is 18.6 Å². The molecule has 3 heteroatoms. The number of para-hydroxylation sites is 1. The van der Waals surface area contributed by atoms with Crippen LogP contribution in [0.5, 0.6) is 0 Å². The molecule has 0 heterocycles. The SMILES string of the molecule is C=CC(=O)OCC(C)N(C)c1ccccc1. The molecule has 16 heavy (non-hydrogen) atoms. The summed E-state index contributed by atoms with van der Waals surface area (Å²) in [6.07, 6.45) is 1.18. The summed E-state index contributed by atoms with van der Waals surface area (Å²) in [6.45, 7) is 5.71. The van der Waals surface area contributed by atoms with Crippen LogP contribution >= 0.6 is 0 Å². The summed E-state index contributed by atoms with van der Waals surface area (Å²) in [6, 6.07) is 10.1. The van der Waals surface area contributed by atoms with E-state index < -0.39 is 0 Å². The lowest BCUT2D eigenvalue weighted by Crippen LogP contribution is -2.33. The number of hydrogen-bond acceptors (Lipinski definition) is 3. The van der Waals surface area contributed by atoms with Crippen LogP contribution in [0.1, 0.15) is 6.92 Å². The highest BCUT2D eigenvalue weighted by molar-refractivity contribution is 5.81. The second-order valence-electron chi connectivity index (χ2n) is 3.63. The van der Waals surface area contributed by atoms with Crippen molar-refractivity contribution in [3.63, 3.8) is 0 Å². The first-order valence-corrected chi connectivity index (χ1v) is 5.22. The fraction of sp³-hybridized carbons (Fsp3) is 0.308. The molecule has 0 saturated heterocycles. The highest BCUT2D eigenvalue weighted by atomic mass is 16.5. The molecule has 0 aliphatic rings. The van der Waals surface area contributed by atoms with Crippen molar-refractivity contribution in [3.05, 3.63) is 43.0 Å². The van der Waals surface area contributed by atoms with Gasteiger partial charge in [0.2, 0.25) is 0 Å². The summed E-state index contributed by atoms with van der Waals surface area (Å²) < 4.78 is 5.00. The third-order valence-corrected chi connectivity index (χ3v) is 2.46. The van der Waals surface area contributed by atoms with Gasteiger partial charge in [0.05, 0.1) is 6.04 Å². The largest absolute Gasteiger partial charge is 0.460 e. The van der Waals surface area contributed by atoms with Gasteiger partial charge in [-0.1, -0.05) is 24.8 Å². The molecule has 1 atom stereocenters. The molecule has 0 aliphatic carbocycles. The Hall–Kier alpha value is -1.77. The zero-order chi connectivity index (χ0) is 12.0. The van der Waals surface area contributed by atoms with Gasteiger partial charge in [0.1, 0.15) is 6.61 Å². The van der Waals surface area contributed by atoms with Gasteiger partial charge in [-0.05, 0) is 19.1 Å². The lowest BCUT2D eigenvalue weighted by atomic mass is 10.2. The Morgan fingerprint density at radius 3 is 2.69 bits per heavy atom. The van der Waals surface area contributed by atoms with Crippen LogP contribution in [0.15, 0.2) is 43.0 Å². The Morgan fingerprint density at radius 2 is 2.12 bits per heavy atom. The normalized spacial score (nSPS) is 11.6. The zero-order valence-electron chi connectivity index (χ0n) is 9.72. The van der Waals surface area contributed by atoms with Crippen molar-refractivity contribution in [1.29, 1.82) is 0 Å². The van der Waals surface area contributed by atoms with Crippen LogP contribution in [0.25, 0.3) is 0 Å². The minimum absolute atomic E-state index is 0.131. The number of benzene rings is 1. The minimum atomic E-state index is -0.381. The molecule has 1 aromatic rings. The minimum Gasteiger partial charge on any atom is -0.460 e. The quantitative estimate of drug-likeness (QED) is 0.562. The first-order valence-electron chi connectivity index (χ1n) is 5.22. The molecule has 0 saturated carbocycles. The molecule has 0 radical (unpaired) electrons. The van der Waals surface area contributed by atoms with Gasteiger partial charge in [-0.25, -0.2) is 4.79 Å². The molecule has 0 amide bonds. The van der Waals surface area contributed by atoms with Crippen LogP contribution in [0.4, 0.5) is 5.69 Å².